The Bertz CT molecular complexity index is 777. The molecule has 1 atom stereocenters. The zero-order valence-electron chi connectivity index (χ0n) is 10.9. The first-order valence-electron chi connectivity index (χ1n) is 5.79. The highest BCUT2D eigenvalue weighted by Crippen LogP contribution is 2.35. The van der Waals surface area contributed by atoms with E-state index in [1.54, 1.807) is 0 Å². The van der Waals surface area contributed by atoms with Crippen molar-refractivity contribution in [3.05, 3.63) is 54.8 Å². The van der Waals surface area contributed by atoms with Crippen LogP contribution < -0.4 is 17.0 Å². The number of H-pyrrole nitrogens is 1. The van der Waals surface area contributed by atoms with Gasteiger partial charge in [-0.25, -0.2) is 4.79 Å². The molecule has 0 aliphatic carbocycles. The van der Waals surface area contributed by atoms with Crippen LogP contribution in [0.3, 0.4) is 0 Å². The molecule has 0 spiro atoms. The Kier molecular flexibility index (Phi) is 4.76. The molecule has 0 saturated heterocycles. The van der Waals surface area contributed by atoms with Crippen molar-refractivity contribution in [2.75, 3.05) is 4.43 Å². The summed E-state index contributed by atoms with van der Waals surface area (Å²) < 4.78 is 1.61. The molecular weight excluding hydrogens is 430 g/mol. The van der Waals surface area contributed by atoms with Gasteiger partial charge in [0.1, 0.15) is 6.20 Å². The fraction of sp³-hybridized carbons (Fsp3) is 0.250. The fourth-order valence-electron chi connectivity index (χ4n) is 1.83. The van der Waals surface area contributed by atoms with Gasteiger partial charge in [0, 0.05) is 20.0 Å². The molecule has 1 unspecified atom stereocenters. The maximum absolute atomic E-state index is 11.7. The number of aromatic nitrogens is 3. The minimum Gasteiger partial charge on any atom is -0.321 e. The lowest BCUT2D eigenvalue weighted by Crippen LogP contribution is -2.35. The smallest absolute Gasteiger partial charge is 0.321 e. The summed E-state index contributed by atoms with van der Waals surface area (Å²) in [5.41, 5.74) is 5.16. The van der Waals surface area contributed by atoms with Crippen LogP contribution in [0.1, 0.15) is 12.5 Å². The first-order chi connectivity index (χ1) is 9.76. The Labute approximate surface area is 143 Å². The van der Waals surface area contributed by atoms with Gasteiger partial charge < -0.3 is 5.73 Å². The lowest BCUT2D eigenvalue weighted by atomic mass is 9.95. The van der Waals surface area contributed by atoms with Crippen molar-refractivity contribution in [3.63, 3.8) is 0 Å². The highest BCUT2D eigenvalue weighted by molar-refractivity contribution is 14.1. The topological polar surface area (TPSA) is 93.8 Å². The SMILES string of the molecule is CC(N)(CI)c1c(Cl)cc(-n2ncc(=O)[nH]c2=O)cc1Cl. The van der Waals surface area contributed by atoms with Crippen LogP contribution in [0.2, 0.25) is 10.0 Å². The van der Waals surface area contributed by atoms with E-state index < -0.39 is 16.8 Å². The molecule has 1 aromatic carbocycles. The van der Waals surface area contributed by atoms with Gasteiger partial charge in [-0.3, -0.25) is 9.78 Å². The Hall–Kier alpha value is -0.900. The van der Waals surface area contributed by atoms with Crippen molar-refractivity contribution in [2.24, 2.45) is 5.73 Å². The van der Waals surface area contributed by atoms with Gasteiger partial charge in [-0.1, -0.05) is 45.8 Å². The number of hydrogen-bond acceptors (Lipinski definition) is 4. The monoisotopic (exact) mass is 440 g/mol. The first kappa shape index (κ1) is 16.5. The van der Waals surface area contributed by atoms with E-state index in [9.17, 15) is 9.59 Å². The van der Waals surface area contributed by atoms with Crippen molar-refractivity contribution in [1.29, 1.82) is 0 Å². The van der Waals surface area contributed by atoms with Crippen LogP contribution in [0.5, 0.6) is 0 Å². The van der Waals surface area contributed by atoms with E-state index in [4.69, 9.17) is 28.9 Å². The molecule has 0 bridgehead atoms. The van der Waals surface area contributed by atoms with E-state index in [0.29, 0.717) is 25.7 Å². The number of benzene rings is 1. The van der Waals surface area contributed by atoms with Gasteiger partial charge in [-0.15, -0.1) is 0 Å². The maximum atomic E-state index is 11.7. The summed E-state index contributed by atoms with van der Waals surface area (Å²) in [5.74, 6) is 0. The summed E-state index contributed by atoms with van der Waals surface area (Å²) in [6, 6.07) is 3.07. The molecule has 3 N–H and O–H groups in total. The van der Waals surface area contributed by atoms with Crippen LogP contribution >= 0.6 is 45.8 Å². The predicted molar refractivity (Wildman–Crippen MR) is 90.9 cm³/mol. The summed E-state index contributed by atoms with van der Waals surface area (Å²) >= 11 is 14.6. The Morgan fingerprint density at radius 3 is 2.43 bits per heavy atom. The summed E-state index contributed by atoms with van der Waals surface area (Å²) in [5, 5.41) is 4.42. The molecule has 0 aliphatic heterocycles. The molecule has 21 heavy (non-hydrogen) atoms. The number of nitrogens with two attached hydrogens (primary N) is 1. The van der Waals surface area contributed by atoms with E-state index >= 15 is 0 Å². The molecule has 1 heterocycles. The second-order valence-corrected chi connectivity index (χ2v) is 6.26. The molecular formula is C12H11Cl2IN4O2. The van der Waals surface area contributed by atoms with Crippen molar-refractivity contribution >= 4 is 45.8 Å². The molecule has 9 heteroatoms. The Balaban J connectivity index is 2.65. The van der Waals surface area contributed by atoms with E-state index in [2.05, 4.69) is 32.7 Å². The fourth-order valence-corrected chi connectivity index (χ4v) is 3.12. The molecule has 0 aliphatic rings. The minimum absolute atomic E-state index is 0.332. The molecule has 2 rings (SSSR count). The third-order valence-corrected chi connectivity index (χ3v) is 5.01. The molecule has 0 radical (unpaired) electrons. The second-order valence-electron chi connectivity index (χ2n) is 4.69. The number of hydrogen-bond donors (Lipinski definition) is 2. The van der Waals surface area contributed by atoms with Gasteiger partial charge in [-0.2, -0.15) is 9.78 Å². The largest absolute Gasteiger partial charge is 0.349 e. The van der Waals surface area contributed by atoms with Crippen molar-refractivity contribution < 1.29 is 0 Å². The number of nitrogens with one attached hydrogen (secondary N) is 1. The number of rotatable bonds is 3. The number of aromatic amines is 1. The summed E-state index contributed by atoms with van der Waals surface area (Å²) in [4.78, 5) is 24.9. The van der Waals surface area contributed by atoms with Crippen LogP contribution in [-0.4, -0.2) is 19.2 Å². The third-order valence-electron chi connectivity index (χ3n) is 2.83. The maximum Gasteiger partial charge on any atom is 0.349 e. The lowest BCUT2D eigenvalue weighted by molar-refractivity contribution is 0.575. The Morgan fingerprint density at radius 1 is 1.38 bits per heavy atom. The summed E-state index contributed by atoms with van der Waals surface area (Å²) in [6.07, 6.45) is 0.995. The number of halogens is 3. The lowest BCUT2D eigenvalue weighted by Gasteiger charge is -2.25. The normalized spacial score (nSPS) is 14.0. The first-order valence-corrected chi connectivity index (χ1v) is 8.08. The molecule has 1 aromatic heterocycles. The summed E-state index contributed by atoms with van der Waals surface area (Å²) in [6.45, 7) is 1.82. The number of nitrogens with zero attached hydrogens (tertiary/aromatic N) is 2. The minimum atomic E-state index is -0.698. The van der Waals surface area contributed by atoms with Gasteiger partial charge in [0.15, 0.2) is 0 Å². The van der Waals surface area contributed by atoms with Gasteiger partial charge >= 0.3 is 5.69 Å². The van der Waals surface area contributed by atoms with Gasteiger partial charge in [-0.05, 0) is 19.1 Å². The van der Waals surface area contributed by atoms with Gasteiger partial charge in [0.05, 0.1) is 11.2 Å². The van der Waals surface area contributed by atoms with E-state index in [0.717, 1.165) is 10.9 Å². The molecule has 6 nitrogen and oxygen atoms in total. The van der Waals surface area contributed by atoms with Gasteiger partial charge in [0.25, 0.3) is 5.56 Å². The quantitative estimate of drug-likeness (QED) is 0.562. The average Bonchev–Trinajstić information content (AvgIpc) is 2.37. The van der Waals surface area contributed by atoms with Crippen LogP contribution in [0, 0.1) is 0 Å². The van der Waals surface area contributed by atoms with E-state index in [1.165, 1.54) is 12.1 Å². The van der Waals surface area contributed by atoms with Crippen LogP contribution in [0.25, 0.3) is 5.69 Å². The second kappa shape index (κ2) is 6.07. The molecule has 2 aromatic rings. The molecule has 0 saturated carbocycles. The third kappa shape index (κ3) is 3.31. The zero-order valence-corrected chi connectivity index (χ0v) is 14.5. The predicted octanol–water partition coefficient (Wildman–Crippen LogP) is 1.84. The van der Waals surface area contributed by atoms with E-state index in [1.807, 2.05) is 6.92 Å². The average molecular weight is 441 g/mol. The van der Waals surface area contributed by atoms with Crippen molar-refractivity contribution in [2.45, 2.75) is 12.5 Å². The highest BCUT2D eigenvalue weighted by atomic mass is 127. The van der Waals surface area contributed by atoms with Crippen LogP contribution in [0.4, 0.5) is 0 Å². The molecule has 0 fully saturated rings. The molecule has 112 valence electrons. The van der Waals surface area contributed by atoms with Crippen LogP contribution in [0.15, 0.2) is 27.9 Å². The highest BCUT2D eigenvalue weighted by Gasteiger charge is 2.26. The zero-order chi connectivity index (χ0) is 15.8. The number of alkyl halides is 1. The molecule has 0 amide bonds. The van der Waals surface area contributed by atoms with Crippen molar-refractivity contribution in [3.8, 4) is 5.69 Å². The van der Waals surface area contributed by atoms with Gasteiger partial charge in [0.2, 0.25) is 0 Å². The standard InChI is InChI=1S/C12H11Cl2IN4O2/c1-12(16,5-15)10-7(13)2-6(3-8(10)14)19-11(21)18-9(20)4-17-19/h2-4H,5,16H2,1H3,(H,18,20,21). The Morgan fingerprint density at radius 2 is 1.95 bits per heavy atom. The van der Waals surface area contributed by atoms with Crippen molar-refractivity contribution in [1.82, 2.24) is 14.8 Å². The summed E-state index contributed by atoms with van der Waals surface area (Å²) in [7, 11) is 0. The van der Waals surface area contributed by atoms with Crippen LogP contribution in [-0.2, 0) is 5.54 Å². The van der Waals surface area contributed by atoms with E-state index in [-0.39, 0.29) is 0 Å².